The molecule has 0 aromatic carbocycles. The maximum absolute atomic E-state index is 11.1. The largest absolute Gasteiger partial charge is 0.375 e. The van der Waals surface area contributed by atoms with Gasteiger partial charge in [-0.25, -0.2) is 0 Å². The molecule has 64 valence electrons. The number of hydrogen-bond acceptors (Lipinski definition) is 3. The molecule has 1 fully saturated rings. The Bertz CT molecular complexity index is 160. The molecule has 1 aliphatic heterocycles. The van der Waals surface area contributed by atoms with E-state index in [4.69, 9.17) is 10.5 Å². The molecule has 0 aromatic heterocycles. The quantitative estimate of drug-likeness (QED) is 0.572. The SMILES string of the molecule is COCC(=O)N1CC(C)(N)C1. The van der Waals surface area contributed by atoms with Gasteiger partial charge in [0, 0.05) is 25.7 Å². The number of carbonyl (C=O) groups is 1. The van der Waals surface area contributed by atoms with Crippen LogP contribution in [0.4, 0.5) is 0 Å². The Morgan fingerprint density at radius 2 is 2.27 bits per heavy atom. The van der Waals surface area contributed by atoms with E-state index >= 15 is 0 Å². The molecule has 1 saturated heterocycles. The van der Waals surface area contributed by atoms with Crippen molar-refractivity contribution in [2.45, 2.75) is 12.5 Å². The van der Waals surface area contributed by atoms with E-state index in [0.717, 1.165) is 0 Å². The Balaban J connectivity index is 2.27. The van der Waals surface area contributed by atoms with E-state index in [0.29, 0.717) is 13.1 Å². The summed E-state index contributed by atoms with van der Waals surface area (Å²) in [6.45, 7) is 3.39. The first kappa shape index (κ1) is 8.49. The maximum atomic E-state index is 11.1. The van der Waals surface area contributed by atoms with Crippen LogP contribution in [0.2, 0.25) is 0 Å². The monoisotopic (exact) mass is 158 g/mol. The van der Waals surface area contributed by atoms with Gasteiger partial charge in [-0.2, -0.15) is 0 Å². The molecule has 0 bridgehead atoms. The van der Waals surface area contributed by atoms with Gasteiger partial charge in [-0.15, -0.1) is 0 Å². The van der Waals surface area contributed by atoms with Crippen molar-refractivity contribution in [3.8, 4) is 0 Å². The summed E-state index contributed by atoms with van der Waals surface area (Å²) in [5.41, 5.74) is 5.53. The molecule has 1 heterocycles. The number of likely N-dealkylation sites (tertiary alicyclic amines) is 1. The lowest BCUT2D eigenvalue weighted by Gasteiger charge is -2.45. The van der Waals surface area contributed by atoms with Crippen molar-refractivity contribution in [1.82, 2.24) is 4.90 Å². The van der Waals surface area contributed by atoms with Gasteiger partial charge in [-0.3, -0.25) is 4.79 Å². The van der Waals surface area contributed by atoms with E-state index in [2.05, 4.69) is 0 Å². The predicted octanol–water partition coefficient (Wildman–Crippen LogP) is -0.808. The second kappa shape index (κ2) is 2.79. The average Bonchev–Trinajstić information content (AvgIpc) is 1.83. The van der Waals surface area contributed by atoms with Crippen LogP contribution in [0.3, 0.4) is 0 Å². The average molecular weight is 158 g/mol. The van der Waals surface area contributed by atoms with Gasteiger partial charge >= 0.3 is 0 Å². The van der Waals surface area contributed by atoms with Crippen LogP contribution >= 0.6 is 0 Å². The highest BCUT2D eigenvalue weighted by atomic mass is 16.5. The highest BCUT2D eigenvalue weighted by Crippen LogP contribution is 2.16. The van der Waals surface area contributed by atoms with Crippen molar-refractivity contribution >= 4 is 5.91 Å². The molecule has 1 rings (SSSR count). The molecule has 1 aliphatic rings. The van der Waals surface area contributed by atoms with E-state index in [1.807, 2.05) is 6.92 Å². The normalized spacial score (nSPS) is 21.2. The van der Waals surface area contributed by atoms with Crippen LogP contribution in [0, 0.1) is 0 Å². The first-order chi connectivity index (χ1) is 5.05. The zero-order valence-electron chi connectivity index (χ0n) is 6.96. The van der Waals surface area contributed by atoms with Gasteiger partial charge in [0.2, 0.25) is 5.91 Å². The Labute approximate surface area is 66.3 Å². The molecule has 2 N–H and O–H groups in total. The van der Waals surface area contributed by atoms with Crippen LogP contribution in [0.25, 0.3) is 0 Å². The molecule has 11 heavy (non-hydrogen) atoms. The van der Waals surface area contributed by atoms with Gasteiger partial charge in [0.25, 0.3) is 0 Å². The topological polar surface area (TPSA) is 55.6 Å². The fourth-order valence-electron chi connectivity index (χ4n) is 1.22. The van der Waals surface area contributed by atoms with Crippen LogP contribution in [-0.4, -0.2) is 43.2 Å². The first-order valence-corrected chi connectivity index (χ1v) is 3.61. The minimum Gasteiger partial charge on any atom is -0.375 e. The van der Waals surface area contributed by atoms with Gasteiger partial charge in [0.1, 0.15) is 6.61 Å². The van der Waals surface area contributed by atoms with Gasteiger partial charge in [-0.05, 0) is 6.92 Å². The van der Waals surface area contributed by atoms with Crippen LogP contribution in [0.1, 0.15) is 6.92 Å². The Hall–Kier alpha value is -0.610. The standard InChI is InChI=1S/C7H14N2O2/c1-7(8)4-9(5-7)6(10)3-11-2/h3-5,8H2,1-2H3. The van der Waals surface area contributed by atoms with Crippen molar-refractivity contribution < 1.29 is 9.53 Å². The molecule has 4 nitrogen and oxygen atoms in total. The molecular weight excluding hydrogens is 144 g/mol. The number of nitrogens with two attached hydrogens (primary N) is 1. The summed E-state index contributed by atoms with van der Waals surface area (Å²) in [5, 5.41) is 0. The van der Waals surface area contributed by atoms with Crippen molar-refractivity contribution in [1.29, 1.82) is 0 Å². The minimum absolute atomic E-state index is 0.0235. The summed E-state index contributed by atoms with van der Waals surface area (Å²) >= 11 is 0. The predicted molar refractivity (Wildman–Crippen MR) is 41.0 cm³/mol. The third kappa shape index (κ3) is 1.91. The lowest BCUT2D eigenvalue weighted by atomic mass is 9.94. The lowest BCUT2D eigenvalue weighted by molar-refractivity contribution is -0.142. The Morgan fingerprint density at radius 1 is 1.73 bits per heavy atom. The number of methoxy groups -OCH3 is 1. The fraction of sp³-hybridized carbons (Fsp3) is 0.857. The molecule has 0 aliphatic carbocycles. The molecule has 0 atom stereocenters. The second-order valence-electron chi connectivity index (χ2n) is 3.34. The molecular formula is C7H14N2O2. The van der Waals surface area contributed by atoms with Crippen LogP contribution in [0.15, 0.2) is 0 Å². The summed E-state index contributed by atoms with van der Waals surface area (Å²) in [4.78, 5) is 12.8. The van der Waals surface area contributed by atoms with Crippen molar-refractivity contribution in [3.05, 3.63) is 0 Å². The number of ether oxygens (including phenoxy) is 1. The van der Waals surface area contributed by atoms with E-state index < -0.39 is 0 Å². The molecule has 0 aromatic rings. The number of hydrogen-bond donors (Lipinski definition) is 1. The molecule has 0 radical (unpaired) electrons. The second-order valence-corrected chi connectivity index (χ2v) is 3.34. The van der Waals surface area contributed by atoms with Gasteiger partial charge in [-0.1, -0.05) is 0 Å². The van der Waals surface area contributed by atoms with Crippen LogP contribution in [-0.2, 0) is 9.53 Å². The number of nitrogens with zero attached hydrogens (tertiary/aromatic N) is 1. The number of rotatable bonds is 2. The number of carbonyl (C=O) groups excluding carboxylic acids is 1. The molecule has 4 heteroatoms. The van der Waals surface area contributed by atoms with Gasteiger partial charge in [0.05, 0.1) is 0 Å². The Kier molecular flexibility index (Phi) is 2.15. The minimum atomic E-state index is -0.177. The van der Waals surface area contributed by atoms with Crippen molar-refractivity contribution in [3.63, 3.8) is 0 Å². The van der Waals surface area contributed by atoms with Crippen molar-refractivity contribution in [2.75, 3.05) is 26.8 Å². The lowest BCUT2D eigenvalue weighted by Crippen LogP contribution is -2.67. The summed E-state index contributed by atoms with van der Waals surface area (Å²) in [6.07, 6.45) is 0. The van der Waals surface area contributed by atoms with Gasteiger partial charge < -0.3 is 15.4 Å². The molecule has 0 unspecified atom stereocenters. The molecule has 0 spiro atoms. The van der Waals surface area contributed by atoms with Crippen LogP contribution in [0.5, 0.6) is 0 Å². The smallest absolute Gasteiger partial charge is 0.248 e. The third-order valence-corrected chi connectivity index (χ3v) is 1.72. The van der Waals surface area contributed by atoms with E-state index in [-0.39, 0.29) is 18.1 Å². The first-order valence-electron chi connectivity index (χ1n) is 3.61. The Morgan fingerprint density at radius 3 is 2.64 bits per heavy atom. The third-order valence-electron chi connectivity index (χ3n) is 1.72. The van der Waals surface area contributed by atoms with Crippen molar-refractivity contribution in [2.24, 2.45) is 5.73 Å². The van der Waals surface area contributed by atoms with E-state index in [1.54, 1.807) is 4.90 Å². The van der Waals surface area contributed by atoms with Crippen LogP contribution < -0.4 is 5.73 Å². The highest BCUT2D eigenvalue weighted by molar-refractivity contribution is 5.78. The summed E-state index contributed by atoms with van der Waals surface area (Å²) in [5.74, 6) is 0.0235. The summed E-state index contributed by atoms with van der Waals surface area (Å²) in [7, 11) is 1.51. The van der Waals surface area contributed by atoms with E-state index in [1.165, 1.54) is 7.11 Å². The van der Waals surface area contributed by atoms with Gasteiger partial charge in [0.15, 0.2) is 0 Å². The number of amides is 1. The molecule has 1 amide bonds. The summed E-state index contributed by atoms with van der Waals surface area (Å²) in [6, 6.07) is 0. The molecule has 0 saturated carbocycles. The van der Waals surface area contributed by atoms with E-state index in [9.17, 15) is 4.79 Å². The highest BCUT2D eigenvalue weighted by Gasteiger charge is 2.37. The zero-order valence-corrected chi connectivity index (χ0v) is 6.96. The summed E-state index contributed by atoms with van der Waals surface area (Å²) < 4.78 is 4.70. The fourth-order valence-corrected chi connectivity index (χ4v) is 1.22. The zero-order chi connectivity index (χ0) is 8.48. The maximum Gasteiger partial charge on any atom is 0.248 e.